The lowest BCUT2D eigenvalue weighted by molar-refractivity contribution is 0.164. The van der Waals surface area contributed by atoms with Gasteiger partial charge in [0.05, 0.1) is 17.1 Å². The molecule has 0 radical (unpaired) electrons. The zero-order valence-electron chi connectivity index (χ0n) is 9.34. The third-order valence-electron chi connectivity index (χ3n) is 3.19. The molecule has 1 aromatic rings. The molecule has 0 aromatic heterocycles. The van der Waals surface area contributed by atoms with Crippen LogP contribution in [0, 0.1) is 0 Å². The molecule has 1 saturated heterocycles. The molecule has 5 heteroatoms. The summed E-state index contributed by atoms with van der Waals surface area (Å²) in [4.78, 5) is 0. The lowest BCUT2D eigenvalue weighted by atomic mass is 10.0. The number of sulfone groups is 1. The molecular weight excluding hydrogens is 260 g/mol. The first-order chi connectivity index (χ1) is 8.00. The van der Waals surface area contributed by atoms with Gasteiger partial charge in [0, 0.05) is 5.02 Å². The van der Waals surface area contributed by atoms with Crippen molar-refractivity contribution in [1.29, 1.82) is 0 Å². The van der Waals surface area contributed by atoms with Crippen LogP contribution in [0.1, 0.15) is 30.9 Å². The molecule has 0 saturated carbocycles. The standard InChI is InChI=1S/C12H15ClO3S/c13-10-6-4-9(5-7-10)12(14)11-3-1-2-8-17(11,15)16/h4-7,11-12,14H,1-3,8H2. The van der Waals surface area contributed by atoms with E-state index in [0.29, 0.717) is 23.4 Å². The summed E-state index contributed by atoms with van der Waals surface area (Å²) in [6, 6.07) is 6.68. The summed E-state index contributed by atoms with van der Waals surface area (Å²) >= 11 is 5.76. The van der Waals surface area contributed by atoms with Gasteiger partial charge in [0.1, 0.15) is 0 Å². The Morgan fingerprint density at radius 3 is 2.47 bits per heavy atom. The molecule has 1 aliphatic rings. The Morgan fingerprint density at radius 1 is 1.24 bits per heavy atom. The minimum Gasteiger partial charge on any atom is -0.387 e. The van der Waals surface area contributed by atoms with Crippen LogP contribution in [0.15, 0.2) is 24.3 Å². The van der Waals surface area contributed by atoms with Gasteiger partial charge in [0.2, 0.25) is 0 Å². The number of halogens is 1. The normalized spacial score (nSPS) is 25.4. The number of aliphatic hydroxyl groups excluding tert-OH is 1. The molecule has 0 amide bonds. The monoisotopic (exact) mass is 274 g/mol. The maximum atomic E-state index is 11.9. The van der Waals surface area contributed by atoms with Gasteiger partial charge in [-0.05, 0) is 30.5 Å². The van der Waals surface area contributed by atoms with E-state index in [1.54, 1.807) is 24.3 Å². The van der Waals surface area contributed by atoms with Crippen LogP contribution in [0.4, 0.5) is 0 Å². The number of rotatable bonds is 2. The molecule has 17 heavy (non-hydrogen) atoms. The molecule has 94 valence electrons. The van der Waals surface area contributed by atoms with Crippen molar-refractivity contribution in [3.63, 3.8) is 0 Å². The lowest BCUT2D eigenvalue weighted by Crippen LogP contribution is -2.33. The van der Waals surface area contributed by atoms with E-state index in [2.05, 4.69) is 0 Å². The van der Waals surface area contributed by atoms with Crippen LogP contribution in [0.5, 0.6) is 0 Å². The first-order valence-electron chi connectivity index (χ1n) is 5.66. The van der Waals surface area contributed by atoms with Crippen LogP contribution in [0.2, 0.25) is 5.02 Å². The molecule has 1 aliphatic heterocycles. The second-order valence-corrected chi connectivity index (χ2v) is 7.17. The Morgan fingerprint density at radius 2 is 1.88 bits per heavy atom. The highest BCUT2D eigenvalue weighted by Crippen LogP contribution is 2.31. The second-order valence-electron chi connectivity index (χ2n) is 4.40. The van der Waals surface area contributed by atoms with Crippen molar-refractivity contribution in [3.8, 4) is 0 Å². The number of benzene rings is 1. The van der Waals surface area contributed by atoms with Crippen LogP contribution in [-0.2, 0) is 9.84 Å². The van der Waals surface area contributed by atoms with E-state index in [9.17, 15) is 13.5 Å². The van der Waals surface area contributed by atoms with Gasteiger partial charge in [-0.15, -0.1) is 0 Å². The van der Waals surface area contributed by atoms with Gasteiger partial charge in [-0.2, -0.15) is 0 Å². The van der Waals surface area contributed by atoms with E-state index in [4.69, 9.17) is 11.6 Å². The molecule has 3 nitrogen and oxygen atoms in total. The van der Waals surface area contributed by atoms with E-state index in [0.717, 1.165) is 6.42 Å². The van der Waals surface area contributed by atoms with Crippen LogP contribution in [0.25, 0.3) is 0 Å². The number of aliphatic hydroxyl groups is 1. The van der Waals surface area contributed by atoms with Crippen molar-refractivity contribution in [3.05, 3.63) is 34.9 Å². The third-order valence-corrected chi connectivity index (χ3v) is 5.72. The summed E-state index contributed by atoms with van der Waals surface area (Å²) in [5.41, 5.74) is 0.616. The lowest BCUT2D eigenvalue weighted by Gasteiger charge is -2.26. The molecular formula is C12H15ClO3S. The summed E-state index contributed by atoms with van der Waals surface area (Å²) in [7, 11) is -3.16. The average Bonchev–Trinajstić information content (AvgIpc) is 2.28. The van der Waals surface area contributed by atoms with Crippen molar-refractivity contribution in [2.45, 2.75) is 30.6 Å². The maximum absolute atomic E-state index is 11.9. The van der Waals surface area contributed by atoms with Gasteiger partial charge >= 0.3 is 0 Å². The minimum absolute atomic E-state index is 0.183. The predicted molar refractivity (Wildman–Crippen MR) is 67.8 cm³/mol. The molecule has 1 heterocycles. The summed E-state index contributed by atoms with van der Waals surface area (Å²) in [6.07, 6.45) is 1.14. The third kappa shape index (κ3) is 2.81. The molecule has 1 fully saturated rings. The molecule has 1 aromatic carbocycles. The van der Waals surface area contributed by atoms with Gasteiger partial charge in [-0.1, -0.05) is 30.2 Å². The van der Waals surface area contributed by atoms with E-state index in [1.165, 1.54) is 0 Å². The quantitative estimate of drug-likeness (QED) is 0.901. The van der Waals surface area contributed by atoms with Crippen LogP contribution < -0.4 is 0 Å². The Bertz CT molecular complexity index is 481. The Kier molecular flexibility index (Phi) is 3.76. The topological polar surface area (TPSA) is 54.4 Å². The molecule has 2 unspecified atom stereocenters. The van der Waals surface area contributed by atoms with E-state index >= 15 is 0 Å². The first kappa shape index (κ1) is 12.9. The molecule has 2 atom stereocenters. The van der Waals surface area contributed by atoms with Gasteiger partial charge in [-0.25, -0.2) is 8.42 Å². The van der Waals surface area contributed by atoms with Crippen LogP contribution in [-0.4, -0.2) is 24.5 Å². The summed E-state index contributed by atoms with van der Waals surface area (Å²) in [5.74, 6) is 0.183. The van der Waals surface area contributed by atoms with Crippen molar-refractivity contribution in [2.24, 2.45) is 0 Å². The van der Waals surface area contributed by atoms with Crippen LogP contribution in [0.3, 0.4) is 0 Å². The maximum Gasteiger partial charge on any atom is 0.156 e. The fraction of sp³-hybridized carbons (Fsp3) is 0.500. The molecule has 0 aliphatic carbocycles. The van der Waals surface area contributed by atoms with Crippen molar-refractivity contribution in [2.75, 3.05) is 5.75 Å². The number of hydrogen-bond acceptors (Lipinski definition) is 3. The van der Waals surface area contributed by atoms with Gasteiger partial charge in [0.25, 0.3) is 0 Å². The van der Waals surface area contributed by atoms with Crippen molar-refractivity contribution < 1.29 is 13.5 Å². The van der Waals surface area contributed by atoms with Crippen molar-refractivity contribution >= 4 is 21.4 Å². The van der Waals surface area contributed by atoms with E-state index < -0.39 is 21.2 Å². The second kappa shape index (κ2) is 4.96. The fourth-order valence-electron chi connectivity index (χ4n) is 2.21. The highest BCUT2D eigenvalue weighted by molar-refractivity contribution is 7.92. The number of hydrogen-bond donors (Lipinski definition) is 1. The Balaban J connectivity index is 2.24. The molecule has 0 bridgehead atoms. The molecule has 0 spiro atoms. The fourth-order valence-corrected chi connectivity index (χ4v) is 4.32. The van der Waals surface area contributed by atoms with Gasteiger partial charge in [-0.3, -0.25) is 0 Å². The smallest absolute Gasteiger partial charge is 0.156 e. The predicted octanol–water partition coefficient (Wildman–Crippen LogP) is 2.34. The molecule has 1 N–H and O–H groups in total. The highest BCUT2D eigenvalue weighted by atomic mass is 35.5. The summed E-state index contributed by atoms with van der Waals surface area (Å²) in [5, 5.41) is 10.1. The highest BCUT2D eigenvalue weighted by Gasteiger charge is 2.35. The summed E-state index contributed by atoms with van der Waals surface area (Å²) < 4.78 is 23.8. The summed E-state index contributed by atoms with van der Waals surface area (Å²) in [6.45, 7) is 0. The Hall–Kier alpha value is -0.580. The minimum atomic E-state index is -3.16. The average molecular weight is 275 g/mol. The largest absolute Gasteiger partial charge is 0.387 e. The zero-order valence-corrected chi connectivity index (χ0v) is 10.9. The van der Waals surface area contributed by atoms with E-state index in [1.807, 2.05) is 0 Å². The van der Waals surface area contributed by atoms with Gasteiger partial charge < -0.3 is 5.11 Å². The molecule has 2 rings (SSSR count). The SMILES string of the molecule is O=S1(=O)CCCCC1C(O)c1ccc(Cl)cc1. The van der Waals surface area contributed by atoms with Crippen molar-refractivity contribution in [1.82, 2.24) is 0 Å². The van der Waals surface area contributed by atoms with Crippen LogP contribution >= 0.6 is 11.6 Å². The Labute approximate surface area is 106 Å². The first-order valence-corrected chi connectivity index (χ1v) is 7.75. The van der Waals surface area contributed by atoms with Gasteiger partial charge in [0.15, 0.2) is 9.84 Å². The zero-order chi connectivity index (χ0) is 12.5. The van der Waals surface area contributed by atoms with E-state index in [-0.39, 0.29) is 5.75 Å².